The maximum absolute atomic E-state index is 11.5. The fourth-order valence-electron chi connectivity index (χ4n) is 3.41. The minimum atomic E-state index is -0.225. The molecule has 0 aromatic rings. The van der Waals surface area contributed by atoms with Crippen LogP contribution in [0.15, 0.2) is 0 Å². The van der Waals surface area contributed by atoms with E-state index in [2.05, 4.69) is 22.0 Å². The maximum Gasteiger partial charge on any atom is 0.235 e. The van der Waals surface area contributed by atoms with Crippen LogP contribution in [0.2, 0.25) is 0 Å². The van der Waals surface area contributed by atoms with Gasteiger partial charge < -0.3 is 11.1 Å². The van der Waals surface area contributed by atoms with E-state index in [0.29, 0.717) is 0 Å². The van der Waals surface area contributed by atoms with Crippen LogP contribution < -0.4 is 11.1 Å². The molecule has 1 heterocycles. The van der Waals surface area contributed by atoms with Crippen molar-refractivity contribution in [1.82, 2.24) is 15.1 Å². The van der Waals surface area contributed by atoms with Gasteiger partial charge >= 0.3 is 0 Å². The lowest BCUT2D eigenvalue weighted by molar-refractivity contribution is -0.120. The second kappa shape index (κ2) is 7.96. The van der Waals surface area contributed by atoms with Crippen LogP contribution in [-0.2, 0) is 4.79 Å². The maximum atomic E-state index is 11.5. The normalized spacial score (nSPS) is 24.1. The Kier molecular flexibility index (Phi) is 6.26. The zero-order valence-corrected chi connectivity index (χ0v) is 12.8. The van der Waals surface area contributed by atoms with Crippen molar-refractivity contribution in [2.45, 2.75) is 51.1 Å². The monoisotopic (exact) mass is 282 g/mol. The molecule has 1 amide bonds. The Bertz CT molecular complexity index is 296. The molecule has 1 saturated carbocycles. The zero-order valence-electron chi connectivity index (χ0n) is 12.8. The second-order valence-corrected chi connectivity index (χ2v) is 6.18. The van der Waals surface area contributed by atoms with Crippen LogP contribution in [-0.4, -0.2) is 67.1 Å². The molecule has 1 aliphatic heterocycles. The number of carbonyl (C=O) groups is 1. The van der Waals surface area contributed by atoms with Gasteiger partial charge in [-0.15, -0.1) is 0 Å². The molecular formula is C15H30N4O. The van der Waals surface area contributed by atoms with E-state index in [1.54, 1.807) is 0 Å². The highest BCUT2D eigenvalue weighted by atomic mass is 16.1. The summed E-state index contributed by atoms with van der Waals surface area (Å²) in [6.45, 7) is 8.13. The SMILES string of the molecule is CCCNC(CN1CCN(C2CCCC2)CC1)C(N)=O. The van der Waals surface area contributed by atoms with Crippen LogP contribution in [0.1, 0.15) is 39.0 Å². The first-order valence-corrected chi connectivity index (χ1v) is 8.19. The number of nitrogens with zero attached hydrogens (tertiary/aromatic N) is 2. The molecule has 0 spiro atoms. The van der Waals surface area contributed by atoms with Gasteiger partial charge in [0.1, 0.15) is 0 Å². The average Bonchev–Trinajstić information content (AvgIpc) is 2.98. The number of amides is 1. The molecule has 3 N–H and O–H groups in total. The molecule has 2 aliphatic rings. The Balaban J connectivity index is 1.73. The molecule has 116 valence electrons. The second-order valence-electron chi connectivity index (χ2n) is 6.18. The van der Waals surface area contributed by atoms with E-state index in [1.165, 1.54) is 25.7 Å². The Morgan fingerprint density at radius 3 is 2.45 bits per heavy atom. The van der Waals surface area contributed by atoms with Crippen molar-refractivity contribution in [2.24, 2.45) is 5.73 Å². The van der Waals surface area contributed by atoms with E-state index in [4.69, 9.17) is 5.73 Å². The molecule has 2 fully saturated rings. The molecule has 0 radical (unpaired) electrons. The summed E-state index contributed by atoms with van der Waals surface area (Å²) >= 11 is 0. The number of nitrogens with one attached hydrogen (secondary N) is 1. The van der Waals surface area contributed by atoms with Crippen molar-refractivity contribution in [3.8, 4) is 0 Å². The first-order chi connectivity index (χ1) is 9.70. The van der Waals surface area contributed by atoms with Crippen molar-refractivity contribution < 1.29 is 4.79 Å². The third kappa shape index (κ3) is 4.43. The minimum Gasteiger partial charge on any atom is -0.368 e. The third-order valence-electron chi connectivity index (χ3n) is 4.67. The predicted molar refractivity (Wildman–Crippen MR) is 81.5 cm³/mol. The van der Waals surface area contributed by atoms with Gasteiger partial charge in [0, 0.05) is 38.8 Å². The fraction of sp³-hybridized carbons (Fsp3) is 0.933. The zero-order chi connectivity index (χ0) is 14.4. The first kappa shape index (κ1) is 15.7. The van der Waals surface area contributed by atoms with Gasteiger partial charge in [-0.2, -0.15) is 0 Å². The largest absolute Gasteiger partial charge is 0.368 e. The quantitative estimate of drug-likeness (QED) is 0.709. The molecule has 5 nitrogen and oxygen atoms in total. The van der Waals surface area contributed by atoms with Crippen LogP contribution in [0.25, 0.3) is 0 Å². The number of rotatable bonds is 7. The molecule has 2 rings (SSSR count). The van der Waals surface area contributed by atoms with Gasteiger partial charge in [0.15, 0.2) is 0 Å². The smallest absolute Gasteiger partial charge is 0.235 e. The Morgan fingerprint density at radius 1 is 1.25 bits per heavy atom. The number of nitrogens with two attached hydrogens (primary N) is 1. The lowest BCUT2D eigenvalue weighted by atomic mass is 10.1. The van der Waals surface area contributed by atoms with E-state index in [0.717, 1.165) is 51.7 Å². The number of primary amides is 1. The summed E-state index contributed by atoms with van der Waals surface area (Å²) in [4.78, 5) is 16.5. The van der Waals surface area contributed by atoms with Crippen molar-refractivity contribution in [3.05, 3.63) is 0 Å². The van der Waals surface area contributed by atoms with Crippen molar-refractivity contribution in [2.75, 3.05) is 39.3 Å². The molecule has 1 aliphatic carbocycles. The summed E-state index contributed by atoms with van der Waals surface area (Å²) in [6, 6.07) is 0.621. The van der Waals surface area contributed by atoms with Crippen LogP contribution in [0.3, 0.4) is 0 Å². The predicted octanol–water partition coefficient (Wildman–Crippen LogP) is 0.400. The highest BCUT2D eigenvalue weighted by molar-refractivity contribution is 5.80. The summed E-state index contributed by atoms with van der Waals surface area (Å²) in [5.74, 6) is -0.225. The Hall–Kier alpha value is -0.650. The summed E-state index contributed by atoms with van der Waals surface area (Å²) < 4.78 is 0. The van der Waals surface area contributed by atoms with E-state index in [9.17, 15) is 4.79 Å². The van der Waals surface area contributed by atoms with E-state index >= 15 is 0 Å². The highest BCUT2D eigenvalue weighted by Crippen LogP contribution is 2.24. The average molecular weight is 282 g/mol. The summed E-state index contributed by atoms with van der Waals surface area (Å²) in [6.07, 6.45) is 6.58. The highest BCUT2D eigenvalue weighted by Gasteiger charge is 2.27. The van der Waals surface area contributed by atoms with Gasteiger partial charge in [-0.3, -0.25) is 14.6 Å². The standard InChI is InChI=1S/C15H30N4O/c1-2-7-17-14(15(16)20)12-18-8-10-19(11-9-18)13-5-3-4-6-13/h13-14,17H,2-12H2,1H3,(H2,16,20). The first-order valence-electron chi connectivity index (χ1n) is 8.19. The molecular weight excluding hydrogens is 252 g/mol. The molecule has 5 heteroatoms. The van der Waals surface area contributed by atoms with Gasteiger partial charge in [0.05, 0.1) is 6.04 Å². The molecule has 1 unspecified atom stereocenters. The van der Waals surface area contributed by atoms with Gasteiger partial charge in [-0.25, -0.2) is 0 Å². The van der Waals surface area contributed by atoms with Crippen LogP contribution in [0.4, 0.5) is 0 Å². The van der Waals surface area contributed by atoms with Gasteiger partial charge in [-0.05, 0) is 25.8 Å². The number of hydrogen-bond donors (Lipinski definition) is 2. The molecule has 0 aromatic carbocycles. The van der Waals surface area contributed by atoms with Crippen molar-refractivity contribution >= 4 is 5.91 Å². The summed E-state index contributed by atoms with van der Waals surface area (Å²) in [5.41, 5.74) is 5.48. The van der Waals surface area contributed by atoms with E-state index < -0.39 is 0 Å². The number of carbonyl (C=O) groups excluding carboxylic acids is 1. The molecule has 1 saturated heterocycles. The fourth-order valence-corrected chi connectivity index (χ4v) is 3.41. The summed E-state index contributed by atoms with van der Waals surface area (Å²) in [5, 5.41) is 3.25. The summed E-state index contributed by atoms with van der Waals surface area (Å²) in [7, 11) is 0. The van der Waals surface area contributed by atoms with Gasteiger partial charge in [-0.1, -0.05) is 19.8 Å². The van der Waals surface area contributed by atoms with Crippen molar-refractivity contribution in [1.29, 1.82) is 0 Å². The van der Waals surface area contributed by atoms with Gasteiger partial charge in [0.25, 0.3) is 0 Å². The number of hydrogen-bond acceptors (Lipinski definition) is 4. The molecule has 0 aromatic heterocycles. The minimum absolute atomic E-state index is 0.201. The van der Waals surface area contributed by atoms with E-state index in [1.807, 2.05) is 0 Å². The Morgan fingerprint density at radius 2 is 1.90 bits per heavy atom. The van der Waals surface area contributed by atoms with E-state index in [-0.39, 0.29) is 11.9 Å². The lowest BCUT2D eigenvalue weighted by Gasteiger charge is -2.39. The molecule has 1 atom stereocenters. The van der Waals surface area contributed by atoms with Gasteiger partial charge in [0.2, 0.25) is 5.91 Å². The van der Waals surface area contributed by atoms with Crippen LogP contribution in [0, 0.1) is 0 Å². The van der Waals surface area contributed by atoms with Crippen LogP contribution in [0.5, 0.6) is 0 Å². The van der Waals surface area contributed by atoms with Crippen LogP contribution >= 0.6 is 0 Å². The lowest BCUT2D eigenvalue weighted by Crippen LogP contribution is -2.55. The topological polar surface area (TPSA) is 61.6 Å². The molecule has 20 heavy (non-hydrogen) atoms. The number of piperazine rings is 1. The Labute approximate surface area is 122 Å². The molecule has 0 bridgehead atoms. The van der Waals surface area contributed by atoms with Crippen molar-refractivity contribution in [3.63, 3.8) is 0 Å². The third-order valence-corrected chi connectivity index (χ3v) is 4.67.